The van der Waals surface area contributed by atoms with Crippen LogP contribution in [0, 0.1) is 12.8 Å². The van der Waals surface area contributed by atoms with Gasteiger partial charge in [0.1, 0.15) is 11.9 Å². The maximum atomic E-state index is 13.3. The molecule has 1 fully saturated rings. The molecular formula is C19H15F4N3O. The molecule has 2 heterocycles. The molecule has 4 rings (SSSR count). The lowest BCUT2D eigenvalue weighted by Crippen LogP contribution is -2.26. The predicted molar refractivity (Wildman–Crippen MR) is 91.6 cm³/mol. The first-order valence-electron chi connectivity index (χ1n) is 8.45. The van der Waals surface area contributed by atoms with Crippen LogP contribution in [0.25, 0.3) is 16.7 Å². The van der Waals surface area contributed by atoms with Gasteiger partial charge in [-0.25, -0.2) is 18.7 Å². The Morgan fingerprint density at radius 1 is 1.15 bits per heavy atom. The fourth-order valence-electron chi connectivity index (χ4n) is 3.18. The van der Waals surface area contributed by atoms with Gasteiger partial charge in [0.25, 0.3) is 0 Å². The highest BCUT2D eigenvalue weighted by molar-refractivity contribution is 5.79. The van der Waals surface area contributed by atoms with Gasteiger partial charge in [-0.3, -0.25) is 0 Å². The Kier molecular flexibility index (Phi) is 4.01. The molecule has 2 aromatic heterocycles. The van der Waals surface area contributed by atoms with Crippen molar-refractivity contribution in [1.82, 2.24) is 14.5 Å². The summed E-state index contributed by atoms with van der Waals surface area (Å²) >= 11 is 0. The van der Waals surface area contributed by atoms with Crippen LogP contribution in [0.2, 0.25) is 0 Å². The minimum absolute atomic E-state index is 0.120. The second-order valence-corrected chi connectivity index (χ2v) is 6.74. The number of fused-ring (bicyclic) bond motifs is 1. The van der Waals surface area contributed by atoms with E-state index >= 15 is 0 Å². The summed E-state index contributed by atoms with van der Waals surface area (Å²) in [5.74, 6) is -0.253. The second kappa shape index (κ2) is 6.14. The van der Waals surface area contributed by atoms with E-state index in [4.69, 9.17) is 0 Å². The normalized spacial score (nSPS) is 19.4. The third-order valence-electron chi connectivity index (χ3n) is 4.76. The van der Waals surface area contributed by atoms with Crippen LogP contribution >= 0.6 is 0 Å². The van der Waals surface area contributed by atoms with Crippen molar-refractivity contribution >= 4 is 11.0 Å². The topological polar surface area (TPSA) is 47.8 Å². The van der Waals surface area contributed by atoms with E-state index in [1.54, 1.807) is 31.2 Å². The van der Waals surface area contributed by atoms with E-state index < -0.39 is 23.7 Å². The van der Waals surface area contributed by atoms with Gasteiger partial charge in [0.15, 0.2) is 5.65 Å². The van der Waals surface area contributed by atoms with Gasteiger partial charge >= 0.3 is 11.9 Å². The number of nitrogens with zero attached hydrogens (tertiary/aromatic N) is 3. The van der Waals surface area contributed by atoms with E-state index in [2.05, 4.69) is 9.97 Å². The van der Waals surface area contributed by atoms with Crippen molar-refractivity contribution in [2.24, 2.45) is 5.92 Å². The predicted octanol–water partition coefficient (Wildman–Crippen LogP) is 4.01. The average Bonchev–Trinajstić information content (AvgIpc) is 3.30. The maximum Gasteiger partial charge on any atom is 0.433 e. The van der Waals surface area contributed by atoms with Gasteiger partial charge in [-0.05, 0) is 49.4 Å². The van der Waals surface area contributed by atoms with Crippen molar-refractivity contribution in [2.45, 2.75) is 32.1 Å². The Labute approximate surface area is 151 Å². The van der Waals surface area contributed by atoms with Crippen LogP contribution in [0.1, 0.15) is 23.4 Å². The Morgan fingerprint density at radius 2 is 1.85 bits per heavy atom. The summed E-state index contributed by atoms with van der Waals surface area (Å²) in [7, 11) is 0. The summed E-state index contributed by atoms with van der Waals surface area (Å²) in [5.41, 5.74) is -0.552. The van der Waals surface area contributed by atoms with E-state index in [0.717, 1.165) is 10.6 Å². The molecule has 0 radical (unpaired) electrons. The average molecular weight is 377 g/mol. The summed E-state index contributed by atoms with van der Waals surface area (Å²) in [6, 6.07) is 8.93. The molecule has 0 spiro atoms. The number of pyridine rings is 1. The van der Waals surface area contributed by atoms with Crippen LogP contribution in [-0.4, -0.2) is 20.7 Å². The standard InChI is InChI=1S/C19H15F4N3O/c1-10-4-2-3-5-15(10)26-17-12(6-7-16(25-17)19(21,22)23)14(24-18(26)27)9-11-8-13(11)20/h2-7,11,13H,8-9H2,1H3/t11-,13-/m1/s1. The monoisotopic (exact) mass is 377 g/mol. The molecule has 1 aliphatic carbocycles. The number of aryl methyl sites for hydroxylation is 1. The highest BCUT2D eigenvalue weighted by atomic mass is 19.4. The Morgan fingerprint density at radius 3 is 2.48 bits per heavy atom. The van der Waals surface area contributed by atoms with Crippen LogP contribution in [-0.2, 0) is 12.6 Å². The molecule has 3 aromatic rings. The van der Waals surface area contributed by atoms with Crippen molar-refractivity contribution in [3.05, 3.63) is 63.8 Å². The fraction of sp³-hybridized carbons (Fsp3) is 0.316. The molecule has 140 valence electrons. The van der Waals surface area contributed by atoms with Gasteiger partial charge in [-0.15, -0.1) is 0 Å². The van der Waals surface area contributed by atoms with Crippen LogP contribution in [0.4, 0.5) is 17.6 Å². The van der Waals surface area contributed by atoms with Crippen LogP contribution in [0.5, 0.6) is 0 Å². The Balaban J connectivity index is 2.01. The number of alkyl halides is 4. The lowest BCUT2D eigenvalue weighted by atomic mass is 10.1. The maximum absolute atomic E-state index is 13.3. The lowest BCUT2D eigenvalue weighted by molar-refractivity contribution is -0.141. The largest absolute Gasteiger partial charge is 0.433 e. The molecule has 0 saturated heterocycles. The number of hydrogen-bond donors (Lipinski definition) is 0. The molecule has 0 aliphatic heterocycles. The van der Waals surface area contributed by atoms with E-state index in [-0.39, 0.29) is 23.7 Å². The molecule has 0 unspecified atom stereocenters. The minimum Gasteiger partial charge on any atom is -0.247 e. The van der Waals surface area contributed by atoms with Crippen LogP contribution < -0.4 is 5.69 Å². The van der Waals surface area contributed by atoms with Crippen molar-refractivity contribution in [1.29, 1.82) is 0 Å². The zero-order valence-electron chi connectivity index (χ0n) is 14.3. The van der Waals surface area contributed by atoms with Crippen molar-refractivity contribution in [2.75, 3.05) is 0 Å². The number of aromatic nitrogens is 3. The summed E-state index contributed by atoms with van der Waals surface area (Å²) < 4.78 is 54.0. The summed E-state index contributed by atoms with van der Waals surface area (Å²) in [6.07, 6.45) is -5.03. The summed E-state index contributed by atoms with van der Waals surface area (Å²) in [4.78, 5) is 20.5. The molecule has 8 heteroatoms. The molecule has 1 saturated carbocycles. The lowest BCUT2D eigenvalue weighted by Gasteiger charge is -2.15. The highest BCUT2D eigenvalue weighted by Gasteiger charge is 2.38. The van der Waals surface area contributed by atoms with E-state index in [1.807, 2.05) is 0 Å². The third-order valence-corrected chi connectivity index (χ3v) is 4.76. The SMILES string of the molecule is Cc1ccccc1-n1c(=O)nc(C[C@H]2C[C@H]2F)c2ccc(C(F)(F)F)nc21. The Hall–Kier alpha value is -2.77. The number of para-hydroxylation sites is 1. The second-order valence-electron chi connectivity index (χ2n) is 6.74. The number of benzene rings is 1. The van der Waals surface area contributed by atoms with E-state index in [0.29, 0.717) is 23.1 Å². The number of halogens is 4. The summed E-state index contributed by atoms with van der Waals surface area (Å²) in [5, 5.41) is 0.324. The fourth-order valence-corrected chi connectivity index (χ4v) is 3.18. The zero-order valence-corrected chi connectivity index (χ0v) is 14.3. The van der Waals surface area contributed by atoms with Crippen molar-refractivity contribution in [3.63, 3.8) is 0 Å². The van der Waals surface area contributed by atoms with Crippen LogP contribution in [0.15, 0.2) is 41.2 Å². The van der Waals surface area contributed by atoms with Crippen molar-refractivity contribution in [3.8, 4) is 5.69 Å². The molecule has 27 heavy (non-hydrogen) atoms. The van der Waals surface area contributed by atoms with Gasteiger partial charge in [0, 0.05) is 5.39 Å². The minimum atomic E-state index is -4.65. The molecule has 1 aromatic carbocycles. The first-order valence-corrected chi connectivity index (χ1v) is 8.45. The first kappa shape index (κ1) is 17.6. The molecule has 0 N–H and O–H groups in total. The highest BCUT2D eigenvalue weighted by Crippen LogP contribution is 2.38. The first-order chi connectivity index (χ1) is 12.8. The molecule has 0 amide bonds. The van der Waals surface area contributed by atoms with Gasteiger partial charge in [-0.1, -0.05) is 18.2 Å². The number of hydrogen-bond acceptors (Lipinski definition) is 3. The molecule has 0 bridgehead atoms. The van der Waals surface area contributed by atoms with Gasteiger partial charge in [0.05, 0.1) is 11.4 Å². The number of rotatable bonds is 3. The van der Waals surface area contributed by atoms with E-state index in [9.17, 15) is 22.4 Å². The van der Waals surface area contributed by atoms with Gasteiger partial charge < -0.3 is 0 Å². The van der Waals surface area contributed by atoms with E-state index in [1.165, 1.54) is 6.07 Å². The van der Waals surface area contributed by atoms with Gasteiger partial charge in [0.2, 0.25) is 0 Å². The Bertz CT molecular complexity index is 1090. The van der Waals surface area contributed by atoms with Crippen molar-refractivity contribution < 1.29 is 17.6 Å². The molecular weight excluding hydrogens is 362 g/mol. The molecule has 2 atom stereocenters. The smallest absolute Gasteiger partial charge is 0.247 e. The van der Waals surface area contributed by atoms with Gasteiger partial charge in [-0.2, -0.15) is 18.2 Å². The third kappa shape index (κ3) is 3.20. The van der Waals surface area contributed by atoms with Crippen LogP contribution in [0.3, 0.4) is 0 Å². The zero-order chi connectivity index (χ0) is 19.3. The molecule has 1 aliphatic rings. The molecule has 4 nitrogen and oxygen atoms in total. The quantitative estimate of drug-likeness (QED) is 0.648. The summed E-state index contributed by atoms with van der Waals surface area (Å²) in [6.45, 7) is 1.74.